The van der Waals surface area contributed by atoms with E-state index in [1.54, 1.807) is 11.3 Å². The highest BCUT2D eigenvalue weighted by atomic mass is 35.5. The first kappa shape index (κ1) is 13.7. The van der Waals surface area contributed by atoms with Crippen LogP contribution in [0.25, 0.3) is 0 Å². The van der Waals surface area contributed by atoms with Crippen molar-refractivity contribution in [3.05, 3.63) is 22.4 Å². The summed E-state index contributed by atoms with van der Waals surface area (Å²) in [5.74, 6) is 1.11. The fourth-order valence-electron chi connectivity index (χ4n) is 1.94. The molecule has 0 radical (unpaired) electrons. The molecule has 0 unspecified atom stereocenters. The van der Waals surface area contributed by atoms with Crippen LogP contribution in [0, 0.1) is 5.92 Å². The molecule has 90 valence electrons. The normalized spacial score (nSPS) is 18.1. The molecule has 4 heteroatoms. The molecule has 0 saturated carbocycles. The molecule has 1 fully saturated rings. The Morgan fingerprint density at radius 2 is 2.19 bits per heavy atom. The number of carbonyl (C=O) groups is 1. The largest absolute Gasteiger partial charge is 0.296 e. The maximum absolute atomic E-state index is 11.8. The van der Waals surface area contributed by atoms with Crippen LogP contribution >= 0.6 is 23.7 Å². The van der Waals surface area contributed by atoms with E-state index in [4.69, 9.17) is 0 Å². The molecule has 0 atom stereocenters. The molecule has 1 saturated heterocycles. The lowest BCUT2D eigenvalue weighted by atomic mass is 9.99. The van der Waals surface area contributed by atoms with Crippen LogP contribution in [0.2, 0.25) is 0 Å². The van der Waals surface area contributed by atoms with Crippen molar-refractivity contribution in [2.45, 2.75) is 19.8 Å². The van der Waals surface area contributed by atoms with Crippen molar-refractivity contribution in [2.75, 3.05) is 19.6 Å². The van der Waals surface area contributed by atoms with Gasteiger partial charge in [-0.1, -0.05) is 13.0 Å². The summed E-state index contributed by atoms with van der Waals surface area (Å²) in [5.41, 5.74) is 0. The first-order valence-corrected chi connectivity index (χ1v) is 6.43. The Bertz CT molecular complexity index is 318. The van der Waals surface area contributed by atoms with E-state index in [0.29, 0.717) is 6.54 Å². The molecule has 0 amide bonds. The summed E-state index contributed by atoms with van der Waals surface area (Å²) in [6, 6.07) is 3.86. The molecule has 0 spiro atoms. The SMILES string of the molecule is CC1CCN(CC(=O)c2cccs2)CC1.Cl. The van der Waals surface area contributed by atoms with Crippen LogP contribution in [0.1, 0.15) is 29.4 Å². The zero-order chi connectivity index (χ0) is 10.7. The predicted octanol–water partition coefficient (Wildman–Crippen LogP) is 3.08. The van der Waals surface area contributed by atoms with E-state index in [0.717, 1.165) is 23.9 Å². The summed E-state index contributed by atoms with van der Waals surface area (Å²) in [7, 11) is 0. The molecule has 0 bridgehead atoms. The topological polar surface area (TPSA) is 20.3 Å². The fourth-order valence-corrected chi connectivity index (χ4v) is 2.60. The third-order valence-electron chi connectivity index (χ3n) is 3.04. The highest BCUT2D eigenvalue weighted by Crippen LogP contribution is 2.17. The number of ketones is 1. The summed E-state index contributed by atoms with van der Waals surface area (Å²) >= 11 is 1.54. The van der Waals surface area contributed by atoms with Crippen LogP contribution in [0.4, 0.5) is 0 Å². The third kappa shape index (κ3) is 3.58. The summed E-state index contributed by atoms with van der Waals surface area (Å²) in [6.45, 7) is 5.06. The van der Waals surface area contributed by atoms with E-state index in [1.165, 1.54) is 12.8 Å². The Hall–Kier alpha value is -0.380. The van der Waals surface area contributed by atoms with Gasteiger partial charge in [0.15, 0.2) is 5.78 Å². The minimum Gasteiger partial charge on any atom is -0.296 e. The van der Waals surface area contributed by atoms with Crippen LogP contribution < -0.4 is 0 Å². The minimum absolute atomic E-state index is 0. The Morgan fingerprint density at radius 1 is 1.50 bits per heavy atom. The molecule has 2 heterocycles. The Labute approximate surface area is 107 Å². The summed E-state index contributed by atoms with van der Waals surface area (Å²) in [4.78, 5) is 15.0. The van der Waals surface area contributed by atoms with Crippen LogP contribution in [0.3, 0.4) is 0 Å². The van der Waals surface area contributed by atoms with Crippen molar-refractivity contribution in [2.24, 2.45) is 5.92 Å². The number of likely N-dealkylation sites (tertiary alicyclic amines) is 1. The zero-order valence-electron chi connectivity index (χ0n) is 9.52. The highest BCUT2D eigenvalue weighted by molar-refractivity contribution is 7.12. The lowest BCUT2D eigenvalue weighted by molar-refractivity contribution is 0.0904. The van der Waals surface area contributed by atoms with Crippen molar-refractivity contribution >= 4 is 29.5 Å². The predicted molar refractivity (Wildman–Crippen MR) is 70.7 cm³/mol. The van der Waals surface area contributed by atoms with E-state index in [1.807, 2.05) is 17.5 Å². The lowest BCUT2D eigenvalue weighted by Gasteiger charge is -2.29. The Morgan fingerprint density at radius 3 is 2.75 bits per heavy atom. The average Bonchev–Trinajstić information content (AvgIpc) is 2.74. The third-order valence-corrected chi connectivity index (χ3v) is 3.95. The van der Waals surface area contributed by atoms with E-state index < -0.39 is 0 Å². The van der Waals surface area contributed by atoms with Crippen molar-refractivity contribution in [1.29, 1.82) is 0 Å². The van der Waals surface area contributed by atoms with Crippen molar-refractivity contribution in [3.63, 3.8) is 0 Å². The van der Waals surface area contributed by atoms with E-state index >= 15 is 0 Å². The standard InChI is InChI=1S/C12H17NOS.ClH/c1-10-4-6-13(7-5-10)9-11(14)12-3-2-8-15-12;/h2-3,8,10H,4-7,9H2,1H3;1H. The quantitative estimate of drug-likeness (QED) is 0.778. The van der Waals surface area contributed by atoms with Gasteiger partial charge in [-0.05, 0) is 43.3 Å². The second-order valence-corrected chi connectivity index (χ2v) is 5.31. The van der Waals surface area contributed by atoms with Gasteiger partial charge in [0.1, 0.15) is 0 Å². The molecule has 16 heavy (non-hydrogen) atoms. The lowest BCUT2D eigenvalue weighted by Crippen LogP contribution is -2.36. The summed E-state index contributed by atoms with van der Waals surface area (Å²) in [5, 5.41) is 1.96. The summed E-state index contributed by atoms with van der Waals surface area (Å²) < 4.78 is 0. The molecule has 0 N–H and O–H groups in total. The minimum atomic E-state index is 0. The highest BCUT2D eigenvalue weighted by Gasteiger charge is 2.18. The molecular weight excluding hydrogens is 242 g/mol. The number of nitrogens with zero attached hydrogens (tertiary/aromatic N) is 1. The maximum Gasteiger partial charge on any atom is 0.186 e. The van der Waals surface area contributed by atoms with Crippen molar-refractivity contribution < 1.29 is 4.79 Å². The number of thiophene rings is 1. The average molecular weight is 260 g/mol. The number of Topliss-reactive ketones (excluding diaryl/α,β-unsaturated/α-hetero) is 1. The van der Waals surface area contributed by atoms with Crippen molar-refractivity contribution in [3.8, 4) is 0 Å². The molecule has 0 aliphatic carbocycles. The van der Waals surface area contributed by atoms with Gasteiger partial charge < -0.3 is 0 Å². The molecule has 0 aromatic carbocycles. The Balaban J connectivity index is 0.00000128. The fraction of sp³-hybridized carbons (Fsp3) is 0.583. The van der Waals surface area contributed by atoms with Gasteiger partial charge in [0.05, 0.1) is 11.4 Å². The van der Waals surface area contributed by atoms with Crippen LogP contribution in [-0.2, 0) is 0 Å². The molecular formula is C12H18ClNOS. The van der Waals surface area contributed by atoms with Crippen LogP contribution in [0.15, 0.2) is 17.5 Å². The number of hydrogen-bond donors (Lipinski definition) is 0. The maximum atomic E-state index is 11.8. The number of hydrogen-bond acceptors (Lipinski definition) is 3. The van der Waals surface area contributed by atoms with Gasteiger partial charge in [-0.3, -0.25) is 9.69 Å². The first-order valence-electron chi connectivity index (χ1n) is 5.55. The zero-order valence-corrected chi connectivity index (χ0v) is 11.1. The molecule has 2 nitrogen and oxygen atoms in total. The van der Waals surface area contributed by atoms with E-state index in [9.17, 15) is 4.79 Å². The van der Waals surface area contributed by atoms with Crippen molar-refractivity contribution in [1.82, 2.24) is 4.90 Å². The van der Waals surface area contributed by atoms with Gasteiger partial charge in [-0.2, -0.15) is 0 Å². The molecule has 1 aromatic heterocycles. The van der Waals surface area contributed by atoms with Gasteiger partial charge in [-0.15, -0.1) is 23.7 Å². The molecule has 1 aliphatic heterocycles. The van der Waals surface area contributed by atoms with Gasteiger partial charge in [-0.25, -0.2) is 0 Å². The number of carbonyl (C=O) groups excluding carboxylic acids is 1. The summed E-state index contributed by atoms with van der Waals surface area (Å²) in [6.07, 6.45) is 2.47. The second-order valence-electron chi connectivity index (χ2n) is 4.36. The number of halogens is 1. The van der Waals surface area contributed by atoms with Crippen LogP contribution in [-0.4, -0.2) is 30.3 Å². The number of rotatable bonds is 3. The number of piperidine rings is 1. The molecule has 1 aromatic rings. The Kier molecular flexibility index (Phi) is 5.46. The molecule has 1 aliphatic rings. The monoisotopic (exact) mass is 259 g/mol. The van der Waals surface area contributed by atoms with E-state index in [2.05, 4.69) is 11.8 Å². The van der Waals surface area contributed by atoms with Gasteiger partial charge >= 0.3 is 0 Å². The smallest absolute Gasteiger partial charge is 0.186 e. The van der Waals surface area contributed by atoms with E-state index in [-0.39, 0.29) is 18.2 Å². The first-order chi connectivity index (χ1) is 7.25. The van der Waals surface area contributed by atoms with Crippen LogP contribution in [0.5, 0.6) is 0 Å². The second kappa shape index (κ2) is 6.38. The molecule has 2 rings (SSSR count). The van der Waals surface area contributed by atoms with Gasteiger partial charge in [0.25, 0.3) is 0 Å². The van der Waals surface area contributed by atoms with Gasteiger partial charge in [0, 0.05) is 0 Å². The van der Waals surface area contributed by atoms with Gasteiger partial charge in [0.2, 0.25) is 0 Å².